The summed E-state index contributed by atoms with van der Waals surface area (Å²) in [5.41, 5.74) is 0.528. The van der Waals surface area contributed by atoms with E-state index in [2.05, 4.69) is 16.8 Å². The second-order valence-electron chi connectivity index (χ2n) is 2.56. The highest BCUT2D eigenvalue weighted by molar-refractivity contribution is 5.94. The molecule has 0 amide bonds. The van der Waals surface area contributed by atoms with E-state index in [1.54, 1.807) is 25.3 Å². The number of carbonyl (C=O) groups is 1. The molecule has 0 radical (unpaired) electrons. The predicted octanol–water partition coefficient (Wildman–Crippen LogP) is 2.07. The summed E-state index contributed by atoms with van der Waals surface area (Å²) in [5, 5.41) is 0. The summed E-state index contributed by atoms with van der Waals surface area (Å²) >= 11 is 0. The normalized spacial score (nSPS) is 8.69. The minimum absolute atomic E-state index is 0.0587. The fraction of sp³-hybridized carbons (Fsp3) is 0.273. The highest BCUT2D eigenvalue weighted by Crippen LogP contribution is 2.00. The number of rotatable bonds is 3. The van der Waals surface area contributed by atoms with Gasteiger partial charge in [0.15, 0.2) is 5.78 Å². The van der Waals surface area contributed by atoms with Crippen molar-refractivity contribution in [2.45, 2.75) is 19.8 Å². The van der Waals surface area contributed by atoms with Crippen LogP contribution >= 0.6 is 0 Å². The number of nitrogens with zero attached hydrogens (tertiary/aromatic N) is 1. The van der Waals surface area contributed by atoms with Crippen LogP contribution in [-0.2, 0) is 0 Å². The minimum atomic E-state index is 0.0587. The Hall–Kier alpha value is -1.62. The van der Waals surface area contributed by atoms with Crippen LogP contribution in [0.15, 0.2) is 24.4 Å². The van der Waals surface area contributed by atoms with E-state index in [1.165, 1.54) is 0 Å². The van der Waals surface area contributed by atoms with Crippen LogP contribution in [0.2, 0.25) is 0 Å². The van der Waals surface area contributed by atoms with Crippen molar-refractivity contribution in [3.63, 3.8) is 0 Å². The third-order valence-corrected chi connectivity index (χ3v) is 1.60. The van der Waals surface area contributed by atoms with Gasteiger partial charge in [0.25, 0.3) is 0 Å². The molecule has 0 bridgehead atoms. The van der Waals surface area contributed by atoms with Gasteiger partial charge in [-0.1, -0.05) is 6.07 Å². The molecule has 0 aliphatic rings. The summed E-state index contributed by atoms with van der Waals surface area (Å²) in [6.07, 6.45) is 2.70. The summed E-state index contributed by atoms with van der Waals surface area (Å²) in [7, 11) is 0. The van der Waals surface area contributed by atoms with E-state index in [1.807, 2.05) is 6.07 Å². The van der Waals surface area contributed by atoms with Crippen molar-refractivity contribution in [1.29, 1.82) is 0 Å². The Morgan fingerprint density at radius 2 is 2.38 bits per heavy atom. The van der Waals surface area contributed by atoms with Crippen LogP contribution in [0, 0.1) is 11.8 Å². The molecule has 0 atom stereocenters. The van der Waals surface area contributed by atoms with Crippen molar-refractivity contribution < 1.29 is 4.79 Å². The largest absolute Gasteiger partial charge is 0.292 e. The molecule has 0 aliphatic heterocycles. The predicted molar refractivity (Wildman–Crippen MR) is 51.3 cm³/mol. The number of ketones is 1. The van der Waals surface area contributed by atoms with Crippen molar-refractivity contribution >= 4 is 5.78 Å². The second kappa shape index (κ2) is 5.10. The number of hydrogen-bond acceptors (Lipinski definition) is 2. The van der Waals surface area contributed by atoms with Gasteiger partial charge in [-0.05, 0) is 19.1 Å². The minimum Gasteiger partial charge on any atom is -0.292 e. The lowest BCUT2D eigenvalue weighted by Gasteiger charge is -1.95. The van der Waals surface area contributed by atoms with Gasteiger partial charge in [-0.2, -0.15) is 0 Å². The quantitative estimate of drug-likeness (QED) is 0.517. The summed E-state index contributed by atoms with van der Waals surface area (Å²) in [5.74, 6) is 5.66. The Labute approximate surface area is 78.0 Å². The smallest absolute Gasteiger partial charge is 0.182 e. The number of carbonyl (C=O) groups excluding carboxylic acids is 1. The first-order valence-corrected chi connectivity index (χ1v) is 4.18. The van der Waals surface area contributed by atoms with E-state index in [4.69, 9.17) is 0 Å². The first kappa shape index (κ1) is 9.47. The Morgan fingerprint density at radius 3 is 3.00 bits per heavy atom. The molecule has 2 heteroatoms. The van der Waals surface area contributed by atoms with E-state index in [0.29, 0.717) is 18.5 Å². The standard InChI is InChI=1S/C11H11NO/c1-2-3-4-8-11(13)10-7-5-6-9-12-10/h5-7,9H,4,8H2,1H3. The average molecular weight is 173 g/mol. The van der Waals surface area contributed by atoms with Gasteiger partial charge >= 0.3 is 0 Å². The van der Waals surface area contributed by atoms with E-state index in [9.17, 15) is 4.79 Å². The Kier molecular flexibility index (Phi) is 3.72. The van der Waals surface area contributed by atoms with Crippen molar-refractivity contribution in [2.24, 2.45) is 0 Å². The molecule has 0 saturated heterocycles. The zero-order valence-electron chi connectivity index (χ0n) is 7.58. The van der Waals surface area contributed by atoms with Crippen LogP contribution in [0.5, 0.6) is 0 Å². The Bertz CT molecular complexity index is 332. The molecule has 1 aromatic heterocycles. The first-order chi connectivity index (χ1) is 6.34. The maximum absolute atomic E-state index is 11.4. The topological polar surface area (TPSA) is 30.0 Å². The zero-order valence-corrected chi connectivity index (χ0v) is 7.58. The van der Waals surface area contributed by atoms with Gasteiger partial charge in [-0.3, -0.25) is 9.78 Å². The summed E-state index contributed by atoms with van der Waals surface area (Å²) in [6, 6.07) is 5.33. The lowest BCUT2D eigenvalue weighted by Crippen LogP contribution is -2.00. The van der Waals surface area contributed by atoms with Gasteiger partial charge in [0.05, 0.1) is 0 Å². The molecule has 0 unspecified atom stereocenters. The maximum Gasteiger partial charge on any atom is 0.182 e. The van der Waals surface area contributed by atoms with E-state index < -0.39 is 0 Å². The summed E-state index contributed by atoms with van der Waals surface area (Å²) < 4.78 is 0. The number of pyridine rings is 1. The lowest BCUT2D eigenvalue weighted by atomic mass is 10.1. The van der Waals surface area contributed by atoms with Gasteiger partial charge in [0.1, 0.15) is 5.69 Å². The van der Waals surface area contributed by atoms with Gasteiger partial charge in [0.2, 0.25) is 0 Å². The Balaban J connectivity index is 2.53. The van der Waals surface area contributed by atoms with Gasteiger partial charge in [0, 0.05) is 19.0 Å². The fourth-order valence-corrected chi connectivity index (χ4v) is 0.957. The molecule has 0 spiro atoms. The molecule has 0 saturated carbocycles. The van der Waals surface area contributed by atoms with Crippen LogP contribution in [0.3, 0.4) is 0 Å². The van der Waals surface area contributed by atoms with Gasteiger partial charge in [-0.15, -0.1) is 11.8 Å². The van der Waals surface area contributed by atoms with Crippen LogP contribution < -0.4 is 0 Å². The molecule has 13 heavy (non-hydrogen) atoms. The molecule has 0 fully saturated rings. The molecule has 1 rings (SSSR count). The second-order valence-corrected chi connectivity index (χ2v) is 2.56. The van der Waals surface area contributed by atoms with Crippen LogP contribution in [0.1, 0.15) is 30.3 Å². The molecule has 66 valence electrons. The molecule has 1 aromatic rings. The third-order valence-electron chi connectivity index (χ3n) is 1.60. The fourth-order valence-electron chi connectivity index (χ4n) is 0.957. The van der Waals surface area contributed by atoms with E-state index >= 15 is 0 Å². The van der Waals surface area contributed by atoms with Crippen molar-refractivity contribution in [3.05, 3.63) is 30.1 Å². The summed E-state index contributed by atoms with van der Waals surface area (Å²) in [4.78, 5) is 15.3. The molecule has 0 N–H and O–H groups in total. The number of Topliss-reactive ketones (excluding diaryl/α,β-unsaturated/α-hetero) is 1. The van der Waals surface area contributed by atoms with Crippen LogP contribution in [0.4, 0.5) is 0 Å². The highest BCUT2D eigenvalue weighted by atomic mass is 16.1. The van der Waals surface area contributed by atoms with E-state index in [0.717, 1.165) is 0 Å². The molecule has 2 nitrogen and oxygen atoms in total. The third kappa shape index (κ3) is 3.08. The summed E-state index contributed by atoms with van der Waals surface area (Å²) in [6.45, 7) is 1.77. The molecular formula is C11H11NO. The van der Waals surface area contributed by atoms with Crippen LogP contribution in [0.25, 0.3) is 0 Å². The highest BCUT2D eigenvalue weighted by Gasteiger charge is 2.03. The van der Waals surface area contributed by atoms with Crippen molar-refractivity contribution in [2.75, 3.05) is 0 Å². The van der Waals surface area contributed by atoms with Crippen molar-refractivity contribution in [1.82, 2.24) is 4.98 Å². The number of aromatic nitrogens is 1. The Morgan fingerprint density at radius 1 is 1.54 bits per heavy atom. The molecular weight excluding hydrogens is 162 g/mol. The lowest BCUT2D eigenvalue weighted by molar-refractivity contribution is 0.0979. The average Bonchev–Trinajstić information content (AvgIpc) is 2.19. The van der Waals surface area contributed by atoms with Crippen LogP contribution in [-0.4, -0.2) is 10.8 Å². The molecule has 0 aromatic carbocycles. The van der Waals surface area contributed by atoms with E-state index in [-0.39, 0.29) is 5.78 Å². The first-order valence-electron chi connectivity index (χ1n) is 4.18. The SMILES string of the molecule is CC#CCCC(=O)c1ccccn1. The van der Waals surface area contributed by atoms with Crippen molar-refractivity contribution in [3.8, 4) is 11.8 Å². The number of hydrogen-bond donors (Lipinski definition) is 0. The zero-order chi connectivity index (χ0) is 9.52. The van der Waals surface area contributed by atoms with Gasteiger partial charge in [-0.25, -0.2) is 0 Å². The molecule has 1 heterocycles. The van der Waals surface area contributed by atoms with Gasteiger partial charge < -0.3 is 0 Å². The monoisotopic (exact) mass is 173 g/mol. The maximum atomic E-state index is 11.4. The molecule has 0 aliphatic carbocycles.